The fourth-order valence-electron chi connectivity index (χ4n) is 2.07. The minimum Gasteiger partial charge on any atom is -0.465 e. The molecular formula is C18H16F2O3. The zero-order chi connectivity index (χ0) is 16.7. The lowest BCUT2D eigenvalue weighted by Gasteiger charge is -2.05. The van der Waals surface area contributed by atoms with Gasteiger partial charge in [0.25, 0.3) is 0 Å². The van der Waals surface area contributed by atoms with Crippen molar-refractivity contribution < 1.29 is 23.1 Å². The van der Waals surface area contributed by atoms with Gasteiger partial charge in [0.05, 0.1) is 18.6 Å². The highest BCUT2D eigenvalue weighted by molar-refractivity contribution is 5.97. The molecule has 120 valence electrons. The Morgan fingerprint density at radius 3 is 2.39 bits per heavy atom. The summed E-state index contributed by atoms with van der Waals surface area (Å²) < 4.78 is 31.3. The van der Waals surface area contributed by atoms with Crippen LogP contribution in [0.1, 0.15) is 28.8 Å². The van der Waals surface area contributed by atoms with Crippen LogP contribution in [-0.2, 0) is 16.0 Å². The van der Waals surface area contributed by atoms with Gasteiger partial charge in [0, 0.05) is 18.9 Å². The highest BCUT2D eigenvalue weighted by Gasteiger charge is 2.14. The van der Waals surface area contributed by atoms with Crippen molar-refractivity contribution in [2.24, 2.45) is 0 Å². The third-order valence-electron chi connectivity index (χ3n) is 3.28. The van der Waals surface area contributed by atoms with Gasteiger partial charge in [-0.15, -0.1) is 0 Å². The van der Waals surface area contributed by atoms with Gasteiger partial charge < -0.3 is 4.74 Å². The Kier molecular flexibility index (Phi) is 5.97. The number of hydrogen-bond acceptors (Lipinski definition) is 3. The molecule has 0 N–H and O–H groups in total. The molecule has 0 aliphatic carbocycles. The van der Waals surface area contributed by atoms with Crippen molar-refractivity contribution in [3.63, 3.8) is 0 Å². The van der Waals surface area contributed by atoms with E-state index in [0.717, 1.165) is 17.7 Å². The molecule has 0 spiro atoms. The molecule has 0 aliphatic rings. The number of carbonyl (C=O) groups excluding carboxylic acids is 2. The minimum atomic E-state index is -0.924. The number of ether oxygens (including phenoxy) is 1. The molecule has 2 aromatic carbocycles. The van der Waals surface area contributed by atoms with Crippen LogP contribution in [0.25, 0.3) is 0 Å². The zero-order valence-electron chi connectivity index (χ0n) is 12.4. The normalized spacial score (nSPS) is 10.3. The predicted octanol–water partition coefficient (Wildman–Crippen LogP) is 3.71. The maximum absolute atomic E-state index is 13.4. The molecule has 2 aromatic rings. The highest BCUT2D eigenvalue weighted by atomic mass is 19.1. The van der Waals surface area contributed by atoms with Crippen molar-refractivity contribution in [2.75, 3.05) is 6.61 Å². The van der Waals surface area contributed by atoms with Gasteiger partial charge in [-0.1, -0.05) is 30.3 Å². The zero-order valence-corrected chi connectivity index (χ0v) is 12.4. The second kappa shape index (κ2) is 8.17. The molecule has 2 rings (SSSR count). The minimum absolute atomic E-state index is 0.134. The molecule has 0 aromatic heterocycles. The van der Waals surface area contributed by atoms with E-state index in [9.17, 15) is 18.4 Å². The van der Waals surface area contributed by atoms with Crippen molar-refractivity contribution in [1.82, 2.24) is 0 Å². The molecule has 0 saturated carbocycles. The van der Waals surface area contributed by atoms with E-state index in [-0.39, 0.29) is 25.0 Å². The summed E-state index contributed by atoms with van der Waals surface area (Å²) >= 11 is 0. The lowest BCUT2D eigenvalue weighted by Crippen LogP contribution is -2.11. The van der Waals surface area contributed by atoms with Crippen LogP contribution in [0.4, 0.5) is 8.78 Å². The molecule has 0 fully saturated rings. The van der Waals surface area contributed by atoms with E-state index in [2.05, 4.69) is 0 Å². The summed E-state index contributed by atoms with van der Waals surface area (Å²) in [6.45, 7) is 0.224. The molecular weight excluding hydrogens is 302 g/mol. The van der Waals surface area contributed by atoms with Crippen LogP contribution in [0.2, 0.25) is 0 Å². The fraction of sp³-hybridized carbons (Fsp3) is 0.222. The van der Waals surface area contributed by atoms with E-state index in [1.165, 1.54) is 0 Å². The lowest BCUT2D eigenvalue weighted by molar-refractivity contribution is -0.143. The van der Waals surface area contributed by atoms with Gasteiger partial charge in [0.2, 0.25) is 0 Å². The number of esters is 1. The van der Waals surface area contributed by atoms with Crippen molar-refractivity contribution >= 4 is 11.8 Å². The Morgan fingerprint density at radius 1 is 0.957 bits per heavy atom. The average Bonchev–Trinajstić information content (AvgIpc) is 2.53. The molecule has 0 saturated heterocycles. The topological polar surface area (TPSA) is 43.4 Å². The number of Topliss-reactive ketones (excluding diaryl/α,β-unsaturated/α-hetero) is 1. The number of ketones is 1. The van der Waals surface area contributed by atoms with E-state index in [0.29, 0.717) is 12.5 Å². The lowest BCUT2D eigenvalue weighted by atomic mass is 10.1. The molecule has 3 nitrogen and oxygen atoms in total. The van der Waals surface area contributed by atoms with Crippen LogP contribution in [0.3, 0.4) is 0 Å². The van der Waals surface area contributed by atoms with Gasteiger partial charge in [-0.2, -0.15) is 0 Å². The summed E-state index contributed by atoms with van der Waals surface area (Å²) in [5.41, 5.74) is 0.827. The summed E-state index contributed by atoms with van der Waals surface area (Å²) in [6.07, 6.45) is 0.282. The fourth-order valence-corrected chi connectivity index (χ4v) is 2.07. The molecule has 0 heterocycles. The molecule has 0 atom stereocenters. The number of hydrogen-bond donors (Lipinski definition) is 0. The van der Waals surface area contributed by atoms with Gasteiger partial charge in [-0.3, -0.25) is 9.59 Å². The second-order valence-corrected chi connectivity index (χ2v) is 5.00. The van der Waals surface area contributed by atoms with E-state index in [1.54, 1.807) is 0 Å². The van der Waals surface area contributed by atoms with Crippen molar-refractivity contribution in [2.45, 2.75) is 19.3 Å². The standard InChI is InChI=1S/C18H16F2O3/c19-14-6-7-15(16(20)12-14)17(21)8-9-18(22)23-11-10-13-4-2-1-3-5-13/h1-7,12H,8-11H2. The predicted molar refractivity (Wildman–Crippen MR) is 81.0 cm³/mol. The molecule has 0 bridgehead atoms. The summed E-state index contributed by atoms with van der Waals surface area (Å²) in [6, 6.07) is 12.3. The first-order chi connectivity index (χ1) is 11.1. The van der Waals surface area contributed by atoms with Crippen LogP contribution in [0.15, 0.2) is 48.5 Å². The van der Waals surface area contributed by atoms with Crippen LogP contribution in [0, 0.1) is 11.6 Å². The quantitative estimate of drug-likeness (QED) is 0.577. The van der Waals surface area contributed by atoms with E-state index in [1.807, 2.05) is 30.3 Å². The molecule has 0 amide bonds. The van der Waals surface area contributed by atoms with Crippen LogP contribution >= 0.6 is 0 Å². The largest absolute Gasteiger partial charge is 0.465 e. The van der Waals surface area contributed by atoms with Crippen LogP contribution in [0.5, 0.6) is 0 Å². The first-order valence-corrected chi connectivity index (χ1v) is 7.24. The summed E-state index contributed by atoms with van der Waals surface area (Å²) in [7, 11) is 0. The molecule has 0 radical (unpaired) electrons. The number of carbonyl (C=O) groups is 2. The van der Waals surface area contributed by atoms with Gasteiger partial charge in [-0.25, -0.2) is 8.78 Å². The second-order valence-electron chi connectivity index (χ2n) is 5.00. The van der Waals surface area contributed by atoms with Crippen molar-refractivity contribution in [1.29, 1.82) is 0 Å². The SMILES string of the molecule is O=C(CCC(=O)c1ccc(F)cc1F)OCCc1ccccc1. The smallest absolute Gasteiger partial charge is 0.306 e. The number of benzene rings is 2. The molecule has 5 heteroatoms. The summed E-state index contributed by atoms with van der Waals surface area (Å²) in [5.74, 6) is -2.74. The Balaban J connectivity index is 1.74. The van der Waals surface area contributed by atoms with E-state index < -0.39 is 23.4 Å². The summed E-state index contributed by atoms with van der Waals surface area (Å²) in [5, 5.41) is 0. The molecule has 23 heavy (non-hydrogen) atoms. The average molecular weight is 318 g/mol. The number of rotatable bonds is 7. The Morgan fingerprint density at radius 2 is 1.70 bits per heavy atom. The van der Waals surface area contributed by atoms with Gasteiger partial charge in [0.1, 0.15) is 11.6 Å². The third-order valence-corrected chi connectivity index (χ3v) is 3.28. The first kappa shape index (κ1) is 16.8. The Hall–Kier alpha value is -2.56. The van der Waals surface area contributed by atoms with Gasteiger partial charge in [-0.05, 0) is 17.7 Å². The Bertz CT molecular complexity index is 684. The third kappa shape index (κ3) is 5.29. The molecule has 0 aliphatic heterocycles. The van der Waals surface area contributed by atoms with Crippen LogP contribution in [-0.4, -0.2) is 18.4 Å². The van der Waals surface area contributed by atoms with Crippen molar-refractivity contribution in [3.8, 4) is 0 Å². The number of halogens is 2. The van der Waals surface area contributed by atoms with E-state index >= 15 is 0 Å². The maximum Gasteiger partial charge on any atom is 0.306 e. The van der Waals surface area contributed by atoms with Gasteiger partial charge >= 0.3 is 5.97 Å². The van der Waals surface area contributed by atoms with E-state index in [4.69, 9.17) is 4.74 Å². The van der Waals surface area contributed by atoms with Gasteiger partial charge in [0.15, 0.2) is 5.78 Å². The highest BCUT2D eigenvalue weighted by Crippen LogP contribution is 2.13. The molecule has 0 unspecified atom stereocenters. The monoisotopic (exact) mass is 318 g/mol. The van der Waals surface area contributed by atoms with Crippen LogP contribution < -0.4 is 0 Å². The maximum atomic E-state index is 13.4. The summed E-state index contributed by atoms with van der Waals surface area (Å²) in [4.78, 5) is 23.4. The Labute approximate surface area is 132 Å². The van der Waals surface area contributed by atoms with Crippen molar-refractivity contribution in [3.05, 3.63) is 71.3 Å². The first-order valence-electron chi connectivity index (χ1n) is 7.24.